The molecule has 0 bridgehead atoms. The van der Waals surface area contributed by atoms with Gasteiger partial charge in [0.25, 0.3) is 0 Å². The topological polar surface area (TPSA) is 82.3 Å². The largest absolute Gasteiger partial charge is 0.329 e. The summed E-state index contributed by atoms with van der Waals surface area (Å²) < 4.78 is 0. The van der Waals surface area contributed by atoms with Crippen LogP contribution in [-0.2, 0) is 16.0 Å². The molecule has 3 rings (SSSR count). The molecule has 4 N–H and O–H groups in total. The van der Waals surface area contributed by atoms with Crippen LogP contribution in [0.25, 0.3) is 0 Å². The Bertz CT molecular complexity index is 813. The predicted octanol–water partition coefficient (Wildman–Crippen LogP) is 2.09. The molecule has 0 aromatic heterocycles. The van der Waals surface area contributed by atoms with E-state index in [0.717, 1.165) is 22.4 Å². The molecule has 2 amide bonds. The van der Waals surface area contributed by atoms with Crippen LogP contribution in [0.5, 0.6) is 0 Å². The Kier molecular flexibility index (Phi) is 6.49. The number of thioether (sulfide) groups is 1. The highest BCUT2D eigenvalue weighted by Crippen LogP contribution is 2.17. The smallest absolute Gasteiger partial charge is 0.240 e. The molecule has 1 aliphatic rings. The number of benzene rings is 2. The molecule has 142 valence electrons. The van der Waals surface area contributed by atoms with Crippen molar-refractivity contribution in [2.75, 3.05) is 11.1 Å². The van der Waals surface area contributed by atoms with E-state index in [2.05, 4.69) is 21.5 Å². The first-order chi connectivity index (χ1) is 13.0. The van der Waals surface area contributed by atoms with E-state index in [9.17, 15) is 9.59 Å². The SMILES string of the molecule is Cc1ccc(C)c(NC(=O)CSC2NNC(Cc3ccccc3)C(=O)N2)c1. The van der Waals surface area contributed by atoms with Crippen LogP contribution in [0.2, 0.25) is 0 Å². The van der Waals surface area contributed by atoms with Crippen molar-refractivity contribution in [2.45, 2.75) is 31.8 Å². The lowest BCUT2D eigenvalue weighted by Gasteiger charge is -2.31. The fourth-order valence-corrected chi connectivity index (χ4v) is 3.54. The van der Waals surface area contributed by atoms with Gasteiger partial charge in [-0.1, -0.05) is 42.5 Å². The standard InChI is InChI=1S/C20H24N4O2S/c1-13-8-9-14(2)16(10-13)21-18(25)12-27-20-22-19(26)17(23-24-20)11-15-6-4-3-5-7-15/h3-10,17,20,23-24H,11-12H2,1-2H3,(H,21,25)(H,22,26). The van der Waals surface area contributed by atoms with E-state index < -0.39 is 0 Å². The monoisotopic (exact) mass is 384 g/mol. The first-order valence-electron chi connectivity index (χ1n) is 8.85. The normalized spacial score (nSPS) is 19.4. The molecule has 1 heterocycles. The van der Waals surface area contributed by atoms with Crippen molar-refractivity contribution in [1.29, 1.82) is 0 Å². The fraction of sp³-hybridized carbons (Fsp3) is 0.300. The molecule has 6 nitrogen and oxygen atoms in total. The van der Waals surface area contributed by atoms with Crippen LogP contribution in [0.4, 0.5) is 5.69 Å². The predicted molar refractivity (Wildman–Crippen MR) is 109 cm³/mol. The van der Waals surface area contributed by atoms with Crippen LogP contribution in [0.1, 0.15) is 16.7 Å². The summed E-state index contributed by atoms with van der Waals surface area (Å²) in [5, 5.41) is 5.82. The molecule has 1 aliphatic heterocycles. The molecule has 0 aliphatic carbocycles. The fourth-order valence-electron chi connectivity index (χ4n) is 2.80. The third kappa shape index (κ3) is 5.56. The van der Waals surface area contributed by atoms with Crippen molar-refractivity contribution in [3.05, 3.63) is 65.2 Å². The van der Waals surface area contributed by atoms with Crippen molar-refractivity contribution >= 4 is 29.3 Å². The van der Waals surface area contributed by atoms with E-state index in [1.54, 1.807) is 0 Å². The van der Waals surface area contributed by atoms with Gasteiger partial charge in [0.1, 0.15) is 11.5 Å². The second-order valence-corrected chi connectivity index (χ2v) is 7.69. The second-order valence-electron chi connectivity index (χ2n) is 6.60. The van der Waals surface area contributed by atoms with Gasteiger partial charge in [0.05, 0.1) is 5.75 Å². The number of carbonyl (C=O) groups excluding carboxylic acids is 2. The lowest BCUT2D eigenvalue weighted by atomic mass is 10.1. The minimum absolute atomic E-state index is 0.0787. The summed E-state index contributed by atoms with van der Waals surface area (Å²) in [5.74, 6) is 0.0531. The minimum Gasteiger partial charge on any atom is -0.329 e. The van der Waals surface area contributed by atoms with E-state index in [4.69, 9.17) is 0 Å². The molecule has 2 aromatic rings. The maximum Gasteiger partial charge on any atom is 0.240 e. The lowest BCUT2D eigenvalue weighted by Crippen LogP contribution is -2.64. The molecule has 1 saturated heterocycles. The Morgan fingerprint density at radius 1 is 1.11 bits per heavy atom. The zero-order valence-corrected chi connectivity index (χ0v) is 16.2. The molecule has 27 heavy (non-hydrogen) atoms. The molecule has 0 spiro atoms. The third-order valence-electron chi connectivity index (χ3n) is 4.31. The van der Waals surface area contributed by atoms with E-state index in [0.29, 0.717) is 6.42 Å². The van der Waals surface area contributed by atoms with Gasteiger partial charge < -0.3 is 10.6 Å². The summed E-state index contributed by atoms with van der Waals surface area (Å²) in [6.07, 6.45) is 0.601. The molecular formula is C20H24N4O2S. The van der Waals surface area contributed by atoms with Crippen molar-refractivity contribution in [3.8, 4) is 0 Å². The molecule has 7 heteroatoms. The number of carbonyl (C=O) groups is 2. The molecule has 2 unspecified atom stereocenters. The van der Waals surface area contributed by atoms with Crippen molar-refractivity contribution < 1.29 is 9.59 Å². The van der Waals surface area contributed by atoms with Crippen molar-refractivity contribution in [1.82, 2.24) is 16.2 Å². The lowest BCUT2D eigenvalue weighted by molar-refractivity contribution is -0.125. The number of anilines is 1. The number of hydrazine groups is 1. The van der Waals surface area contributed by atoms with Crippen LogP contribution < -0.4 is 21.5 Å². The number of nitrogens with one attached hydrogen (secondary N) is 4. The van der Waals surface area contributed by atoms with Crippen LogP contribution in [-0.4, -0.2) is 29.1 Å². The number of hydrogen-bond donors (Lipinski definition) is 4. The Morgan fingerprint density at radius 2 is 1.89 bits per heavy atom. The van der Waals surface area contributed by atoms with Crippen LogP contribution in [0.15, 0.2) is 48.5 Å². The van der Waals surface area contributed by atoms with E-state index in [1.807, 2.05) is 62.4 Å². The van der Waals surface area contributed by atoms with Gasteiger partial charge in [-0.25, -0.2) is 10.9 Å². The van der Waals surface area contributed by atoms with E-state index >= 15 is 0 Å². The van der Waals surface area contributed by atoms with Crippen LogP contribution in [0.3, 0.4) is 0 Å². The van der Waals surface area contributed by atoms with Crippen LogP contribution in [0, 0.1) is 13.8 Å². The highest BCUT2D eigenvalue weighted by atomic mass is 32.2. The highest BCUT2D eigenvalue weighted by Gasteiger charge is 2.27. The molecule has 2 aromatic carbocycles. The summed E-state index contributed by atoms with van der Waals surface area (Å²) in [7, 11) is 0. The number of hydrogen-bond acceptors (Lipinski definition) is 5. The zero-order chi connectivity index (χ0) is 19.2. The van der Waals surface area contributed by atoms with E-state index in [1.165, 1.54) is 11.8 Å². The first-order valence-corrected chi connectivity index (χ1v) is 9.90. The number of amides is 2. The first kappa shape index (κ1) is 19.4. The Hall–Kier alpha value is -2.35. The molecule has 0 saturated carbocycles. The third-order valence-corrected chi connectivity index (χ3v) is 5.31. The van der Waals surface area contributed by atoms with Gasteiger partial charge in [-0.05, 0) is 43.0 Å². The van der Waals surface area contributed by atoms with E-state index in [-0.39, 0.29) is 29.1 Å². The number of aryl methyl sites for hydroxylation is 2. The summed E-state index contributed by atoms with van der Waals surface area (Å²) in [6.45, 7) is 3.95. The zero-order valence-electron chi connectivity index (χ0n) is 15.4. The van der Waals surface area contributed by atoms with Crippen molar-refractivity contribution in [3.63, 3.8) is 0 Å². The summed E-state index contributed by atoms with van der Waals surface area (Å²) in [4.78, 5) is 24.5. The maximum atomic E-state index is 12.3. The van der Waals surface area contributed by atoms with Crippen molar-refractivity contribution in [2.24, 2.45) is 0 Å². The summed E-state index contributed by atoms with van der Waals surface area (Å²) in [5.41, 5.74) is 9.78. The summed E-state index contributed by atoms with van der Waals surface area (Å²) >= 11 is 1.33. The average Bonchev–Trinajstić information content (AvgIpc) is 2.66. The quantitative estimate of drug-likeness (QED) is 0.613. The minimum atomic E-state index is -0.353. The number of rotatable bonds is 6. The maximum absolute atomic E-state index is 12.3. The molecule has 2 atom stereocenters. The molecular weight excluding hydrogens is 360 g/mol. The Balaban J connectivity index is 1.45. The van der Waals surface area contributed by atoms with Gasteiger partial charge in [0.2, 0.25) is 11.8 Å². The van der Waals surface area contributed by atoms with Gasteiger partial charge in [-0.3, -0.25) is 9.59 Å². The Morgan fingerprint density at radius 3 is 2.63 bits per heavy atom. The highest BCUT2D eigenvalue weighted by molar-refractivity contribution is 8.00. The molecule has 1 fully saturated rings. The van der Waals surface area contributed by atoms with Gasteiger partial charge in [-0.2, -0.15) is 0 Å². The molecule has 0 radical (unpaired) electrons. The second kappa shape index (κ2) is 9.03. The van der Waals surface area contributed by atoms with Crippen LogP contribution >= 0.6 is 11.8 Å². The average molecular weight is 385 g/mol. The van der Waals surface area contributed by atoms with Gasteiger partial charge in [0, 0.05) is 5.69 Å². The van der Waals surface area contributed by atoms with Gasteiger partial charge in [-0.15, -0.1) is 11.8 Å². The summed E-state index contributed by atoms with van der Waals surface area (Å²) in [6, 6.07) is 15.5. The van der Waals surface area contributed by atoms with Gasteiger partial charge in [0.15, 0.2) is 0 Å². The van der Waals surface area contributed by atoms with Gasteiger partial charge >= 0.3 is 0 Å². The Labute approximate surface area is 163 Å².